The van der Waals surface area contributed by atoms with Gasteiger partial charge in [0.15, 0.2) is 0 Å². The highest BCUT2D eigenvalue weighted by Gasteiger charge is 2.08. The molecule has 1 aromatic rings. The van der Waals surface area contributed by atoms with E-state index in [0.29, 0.717) is 5.92 Å². The van der Waals surface area contributed by atoms with Gasteiger partial charge in [-0.2, -0.15) is 0 Å². The van der Waals surface area contributed by atoms with E-state index in [2.05, 4.69) is 70.1 Å². The molecule has 3 nitrogen and oxygen atoms in total. The average molecular weight is 292 g/mol. The van der Waals surface area contributed by atoms with Crippen LogP contribution in [-0.2, 0) is 6.54 Å². The standard InChI is InChI=1S/C18H32N2O/c1-15(2)14-20(6)10-11-21-17-9-7-8-16(12-17)13-19-18(3,4)5/h7-9,12,15,19H,10-11,13-14H2,1-6H3. The molecular formula is C18H32N2O. The van der Waals surface area contributed by atoms with Crippen LogP contribution in [0.1, 0.15) is 40.2 Å². The zero-order chi connectivity index (χ0) is 15.9. The van der Waals surface area contributed by atoms with Gasteiger partial charge in [0.1, 0.15) is 12.4 Å². The Morgan fingerprint density at radius 3 is 2.57 bits per heavy atom. The summed E-state index contributed by atoms with van der Waals surface area (Å²) in [6.45, 7) is 14.7. The van der Waals surface area contributed by atoms with Crippen LogP contribution in [0.25, 0.3) is 0 Å². The predicted molar refractivity (Wildman–Crippen MR) is 90.9 cm³/mol. The minimum Gasteiger partial charge on any atom is -0.492 e. The molecular weight excluding hydrogens is 260 g/mol. The first-order chi connectivity index (χ1) is 9.76. The SMILES string of the molecule is CC(C)CN(C)CCOc1cccc(CNC(C)(C)C)c1. The Hall–Kier alpha value is -1.06. The number of hydrogen-bond acceptors (Lipinski definition) is 3. The third-order valence-electron chi connectivity index (χ3n) is 3.14. The molecule has 0 atom stereocenters. The number of ether oxygens (including phenoxy) is 1. The van der Waals surface area contributed by atoms with Crippen LogP contribution >= 0.6 is 0 Å². The summed E-state index contributed by atoms with van der Waals surface area (Å²) in [5.41, 5.74) is 1.40. The van der Waals surface area contributed by atoms with E-state index in [4.69, 9.17) is 4.74 Å². The minimum atomic E-state index is 0.135. The summed E-state index contributed by atoms with van der Waals surface area (Å²) in [5.74, 6) is 1.66. The second kappa shape index (κ2) is 8.40. The van der Waals surface area contributed by atoms with Gasteiger partial charge in [-0.15, -0.1) is 0 Å². The normalized spacial score (nSPS) is 12.2. The molecule has 1 aromatic carbocycles. The van der Waals surface area contributed by atoms with Crippen molar-refractivity contribution in [1.82, 2.24) is 10.2 Å². The molecule has 0 unspecified atom stereocenters. The van der Waals surface area contributed by atoms with Gasteiger partial charge in [0.25, 0.3) is 0 Å². The van der Waals surface area contributed by atoms with E-state index in [1.54, 1.807) is 0 Å². The lowest BCUT2D eigenvalue weighted by atomic mass is 10.1. The fraction of sp³-hybridized carbons (Fsp3) is 0.667. The Morgan fingerprint density at radius 1 is 1.24 bits per heavy atom. The molecule has 21 heavy (non-hydrogen) atoms. The van der Waals surface area contributed by atoms with E-state index < -0.39 is 0 Å². The van der Waals surface area contributed by atoms with Crippen molar-refractivity contribution < 1.29 is 4.74 Å². The zero-order valence-corrected chi connectivity index (χ0v) is 14.6. The van der Waals surface area contributed by atoms with E-state index in [0.717, 1.165) is 32.0 Å². The van der Waals surface area contributed by atoms with Crippen LogP contribution in [0.15, 0.2) is 24.3 Å². The molecule has 0 fully saturated rings. The number of hydrogen-bond donors (Lipinski definition) is 1. The summed E-state index contributed by atoms with van der Waals surface area (Å²) in [6, 6.07) is 8.35. The first-order valence-electron chi connectivity index (χ1n) is 7.91. The van der Waals surface area contributed by atoms with Gasteiger partial charge in [-0.25, -0.2) is 0 Å². The van der Waals surface area contributed by atoms with Gasteiger partial charge < -0.3 is 15.0 Å². The lowest BCUT2D eigenvalue weighted by Crippen LogP contribution is -2.35. The largest absolute Gasteiger partial charge is 0.492 e. The van der Waals surface area contributed by atoms with E-state index in [-0.39, 0.29) is 5.54 Å². The van der Waals surface area contributed by atoms with Crippen LogP contribution in [0.5, 0.6) is 5.75 Å². The number of benzene rings is 1. The molecule has 0 aliphatic carbocycles. The third-order valence-corrected chi connectivity index (χ3v) is 3.14. The molecule has 0 saturated heterocycles. The molecule has 3 heteroatoms. The number of rotatable bonds is 8. The van der Waals surface area contributed by atoms with Crippen LogP contribution in [-0.4, -0.2) is 37.2 Å². The molecule has 0 heterocycles. The second-order valence-corrected chi connectivity index (χ2v) is 7.26. The monoisotopic (exact) mass is 292 g/mol. The molecule has 0 spiro atoms. The quantitative estimate of drug-likeness (QED) is 0.793. The summed E-state index contributed by atoms with van der Waals surface area (Å²) < 4.78 is 5.86. The number of nitrogens with one attached hydrogen (secondary N) is 1. The van der Waals surface area contributed by atoms with Crippen LogP contribution in [0.4, 0.5) is 0 Å². The van der Waals surface area contributed by atoms with Crippen molar-refractivity contribution in [1.29, 1.82) is 0 Å². The number of nitrogens with zero attached hydrogens (tertiary/aromatic N) is 1. The molecule has 0 saturated carbocycles. The topological polar surface area (TPSA) is 24.5 Å². The maximum absolute atomic E-state index is 5.86. The first kappa shape index (κ1) is 18.0. The smallest absolute Gasteiger partial charge is 0.119 e. The van der Waals surface area contributed by atoms with Crippen molar-refractivity contribution in [3.63, 3.8) is 0 Å². The fourth-order valence-corrected chi connectivity index (χ4v) is 2.15. The first-order valence-corrected chi connectivity index (χ1v) is 7.91. The zero-order valence-electron chi connectivity index (χ0n) is 14.6. The Balaban J connectivity index is 2.39. The second-order valence-electron chi connectivity index (χ2n) is 7.26. The summed E-state index contributed by atoms with van der Waals surface area (Å²) in [5, 5.41) is 3.50. The molecule has 0 bridgehead atoms. The Kier molecular flexibility index (Phi) is 7.20. The molecule has 0 aromatic heterocycles. The summed E-state index contributed by atoms with van der Waals surface area (Å²) in [4.78, 5) is 2.32. The van der Waals surface area contributed by atoms with Gasteiger partial charge in [0, 0.05) is 25.2 Å². The minimum absolute atomic E-state index is 0.135. The van der Waals surface area contributed by atoms with Crippen molar-refractivity contribution in [2.45, 2.75) is 46.7 Å². The number of likely N-dealkylation sites (N-methyl/N-ethyl adjacent to an activating group) is 1. The molecule has 1 rings (SSSR count). The average Bonchev–Trinajstić information content (AvgIpc) is 2.35. The maximum Gasteiger partial charge on any atom is 0.119 e. The van der Waals surface area contributed by atoms with Gasteiger partial charge >= 0.3 is 0 Å². The van der Waals surface area contributed by atoms with Crippen LogP contribution in [0, 0.1) is 5.92 Å². The summed E-state index contributed by atoms with van der Waals surface area (Å²) >= 11 is 0. The van der Waals surface area contributed by atoms with Crippen molar-refractivity contribution in [3.8, 4) is 5.75 Å². The Bertz CT molecular complexity index is 410. The van der Waals surface area contributed by atoms with Crippen molar-refractivity contribution in [3.05, 3.63) is 29.8 Å². The lowest BCUT2D eigenvalue weighted by Gasteiger charge is -2.21. The Labute approximate surface area is 130 Å². The van der Waals surface area contributed by atoms with Gasteiger partial charge in [0.05, 0.1) is 0 Å². The molecule has 120 valence electrons. The molecule has 0 radical (unpaired) electrons. The van der Waals surface area contributed by atoms with Crippen molar-refractivity contribution in [2.24, 2.45) is 5.92 Å². The van der Waals surface area contributed by atoms with Gasteiger partial charge in [-0.1, -0.05) is 26.0 Å². The highest BCUT2D eigenvalue weighted by molar-refractivity contribution is 5.28. The highest BCUT2D eigenvalue weighted by atomic mass is 16.5. The molecule has 1 N–H and O–H groups in total. The van der Waals surface area contributed by atoms with Crippen molar-refractivity contribution in [2.75, 3.05) is 26.7 Å². The highest BCUT2D eigenvalue weighted by Crippen LogP contribution is 2.14. The lowest BCUT2D eigenvalue weighted by molar-refractivity contribution is 0.222. The van der Waals surface area contributed by atoms with Gasteiger partial charge in [0.2, 0.25) is 0 Å². The van der Waals surface area contributed by atoms with E-state index in [9.17, 15) is 0 Å². The third kappa shape index (κ3) is 8.74. The predicted octanol–water partition coefficient (Wildman–Crippen LogP) is 3.54. The van der Waals surface area contributed by atoms with E-state index in [1.165, 1.54) is 5.56 Å². The molecule has 0 amide bonds. The van der Waals surface area contributed by atoms with Crippen LogP contribution in [0.3, 0.4) is 0 Å². The van der Waals surface area contributed by atoms with Gasteiger partial charge in [-0.05, 0) is 51.4 Å². The van der Waals surface area contributed by atoms with Gasteiger partial charge in [-0.3, -0.25) is 0 Å². The summed E-state index contributed by atoms with van der Waals surface area (Å²) in [7, 11) is 2.15. The maximum atomic E-state index is 5.86. The molecule has 0 aliphatic heterocycles. The fourth-order valence-electron chi connectivity index (χ4n) is 2.15. The molecule has 0 aliphatic rings. The van der Waals surface area contributed by atoms with Crippen molar-refractivity contribution >= 4 is 0 Å². The van der Waals surface area contributed by atoms with Crippen LogP contribution < -0.4 is 10.1 Å². The Morgan fingerprint density at radius 2 is 1.95 bits per heavy atom. The van der Waals surface area contributed by atoms with E-state index in [1.807, 2.05) is 6.07 Å². The van der Waals surface area contributed by atoms with Crippen LogP contribution in [0.2, 0.25) is 0 Å². The van der Waals surface area contributed by atoms with E-state index >= 15 is 0 Å². The summed E-state index contributed by atoms with van der Waals surface area (Å²) in [6.07, 6.45) is 0.